The van der Waals surface area contributed by atoms with Gasteiger partial charge in [0.1, 0.15) is 24.0 Å². The highest BCUT2D eigenvalue weighted by Gasteiger charge is 2.64. The Hall–Kier alpha value is -4.90. The standard InChI is InChI=1S/C38H38N2O7/c1-4-5-6-7-8-11-18-28-26-40(36(43)39-35(28)42)37(25-32(41)34(47-37)27-46-45-3)38(29-19-12-9-13-20-29,30-21-14-10-15-22-30)31-23-16-17-24-33(31)44-2/h1,9-10,12-17,19-24,26,32,34,41H,5-8,25,27H2,2-3H3,(H,39,42,43)/t32-,34+,37-/m0/s1. The van der Waals surface area contributed by atoms with Crippen LogP contribution in [-0.4, -0.2) is 47.7 Å². The number of hydrogen-bond donors (Lipinski definition) is 2. The molecule has 0 radical (unpaired) electrons. The van der Waals surface area contributed by atoms with Gasteiger partial charge in [0.2, 0.25) is 0 Å². The lowest BCUT2D eigenvalue weighted by Gasteiger charge is -2.50. The molecule has 9 heteroatoms. The van der Waals surface area contributed by atoms with Crippen LogP contribution in [0.25, 0.3) is 0 Å². The van der Waals surface area contributed by atoms with Gasteiger partial charge in [-0.2, -0.15) is 0 Å². The first-order valence-electron chi connectivity index (χ1n) is 15.5. The van der Waals surface area contributed by atoms with E-state index in [-0.39, 0.29) is 18.6 Å². The summed E-state index contributed by atoms with van der Waals surface area (Å²) in [5, 5.41) is 11.7. The lowest BCUT2D eigenvalue weighted by molar-refractivity contribution is -0.295. The second-order valence-electron chi connectivity index (χ2n) is 11.2. The maximum Gasteiger partial charge on any atom is 0.330 e. The molecule has 5 rings (SSSR count). The van der Waals surface area contributed by atoms with Crippen molar-refractivity contribution in [2.75, 3.05) is 20.8 Å². The van der Waals surface area contributed by atoms with Crippen molar-refractivity contribution in [2.24, 2.45) is 0 Å². The van der Waals surface area contributed by atoms with Crippen LogP contribution in [0.5, 0.6) is 5.75 Å². The van der Waals surface area contributed by atoms with Crippen LogP contribution in [0.3, 0.4) is 0 Å². The average Bonchev–Trinajstić information content (AvgIpc) is 3.44. The fourth-order valence-electron chi connectivity index (χ4n) is 6.55. The van der Waals surface area contributed by atoms with Crippen LogP contribution in [-0.2, 0) is 25.7 Å². The van der Waals surface area contributed by atoms with E-state index in [4.69, 9.17) is 25.7 Å². The Morgan fingerprint density at radius 3 is 2.26 bits per heavy atom. The SMILES string of the molecule is C#CCCCCC#Cc1cn([C@@]2(C(c3ccccc3)(c3ccccc3)c3ccccc3OC)C[C@H](O)[C@@H](COOC)O2)c(=O)[nH]c1=O. The van der Waals surface area contributed by atoms with Crippen LogP contribution < -0.4 is 16.0 Å². The zero-order valence-electron chi connectivity index (χ0n) is 26.5. The van der Waals surface area contributed by atoms with Gasteiger partial charge >= 0.3 is 5.69 Å². The molecule has 1 saturated heterocycles. The van der Waals surface area contributed by atoms with Crippen molar-refractivity contribution in [3.8, 4) is 29.9 Å². The van der Waals surface area contributed by atoms with Crippen molar-refractivity contribution < 1.29 is 24.4 Å². The predicted molar refractivity (Wildman–Crippen MR) is 178 cm³/mol. The van der Waals surface area contributed by atoms with Crippen LogP contribution in [0.4, 0.5) is 0 Å². The van der Waals surface area contributed by atoms with Gasteiger partial charge in [-0.05, 0) is 30.0 Å². The van der Waals surface area contributed by atoms with Crippen LogP contribution >= 0.6 is 0 Å². The van der Waals surface area contributed by atoms with Crippen molar-refractivity contribution in [1.29, 1.82) is 0 Å². The number of rotatable bonds is 12. The third-order valence-electron chi connectivity index (χ3n) is 8.55. The number of nitrogens with one attached hydrogen (secondary N) is 1. The Balaban J connectivity index is 1.89. The normalized spacial score (nSPS) is 19.0. The molecule has 1 aliphatic rings. The van der Waals surface area contributed by atoms with E-state index in [2.05, 4.69) is 22.7 Å². The summed E-state index contributed by atoms with van der Waals surface area (Å²) in [4.78, 5) is 39.9. The second-order valence-corrected chi connectivity index (χ2v) is 11.2. The Labute approximate surface area is 274 Å². The number of nitrogens with zero attached hydrogens (tertiary/aromatic N) is 1. The molecule has 4 aromatic rings. The Bertz CT molecular complexity index is 1830. The lowest BCUT2D eigenvalue weighted by atomic mass is 9.61. The summed E-state index contributed by atoms with van der Waals surface area (Å²) in [5.74, 6) is 9.15. The number of H-pyrrole nitrogens is 1. The number of para-hydroxylation sites is 1. The molecule has 47 heavy (non-hydrogen) atoms. The molecule has 9 nitrogen and oxygen atoms in total. The molecule has 1 aromatic heterocycles. The van der Waals surface area contributed by atoms with Crippen molar-refractivity contribution in [3.05, 3.63) is 134 Å². The summed E-state index contributed by atoms with van der Waals surface area (Å²) in [7, 11) is 2.95. The maximum atomic E-state index is 14.1. The van der Waals surface area contributed by atoms with E-state index in [0.29, 0.717) is 24.2 Å². The van der Waals surface area contributed by atoms with Crippen molar-refractivity contribution in [3.63, 3.8) is 0 Å². The van der Waals surface area contributed by atoms with Gasteiger partial charge in [-0.3, -0.25) is 14.3 Å². The lowest BCUT2D eigenvalue weighted by Crippen LogP contribution is -2.59. The van der Waals surface area contributed by atoms with E-state index >= 15 is 0 Å². The molecule has 0 spiro atoms. The third kappa shape index (κ3) is 6.40. The van der Waals surface area contributed by atoms with Gasteiger partial charge in [0.25, 0.3) is 5.56 Å². The predicted octanol–water partition coefficient (Wildman–Crippen LogP) is 4.51. The molecule has 0 amide bonds. The largest absolute Gasteiger partial charge is 0.496 e. The molecule has 0 unspecified atom stereocenters. The number of methoxy groups -OCH3 is 1. The van der Waals surface area contributed by atoms with E-state index < -0.39 is 34.6 Å². The first-order valence-corrected chi connectivity index (χ1v) is 15.5. The van der Waals surface area contributed by atoms with Gasteiger partial charge in [-0.1, -0.05) is 90.7 Å². The van der Waals surface area contributed by atoms with Gasteiger partial charge < -0.3 is 14.6 Å². The quantitative estimate of drug-likeness (QED) is 0.0776. The zero-order chi connectivity index (χ0) is 33.3. The number of benzene rings is 3. The summed E-state index contributed by atoms with van der Waals surface area (Å²) in [6, 6.07) is 26.7. The molecular weight excluding hydrogens is 596 g/mol. The average molecular weight is 635 g/mol. The van der Waals surface area contributed by atoms with Gasteiger partial charge in [0.15, 0.2) is 5.72 Å². The van der Waals surface area contributed by atoms with Gasteiger partial charge in [0.05, 0.1) is 25.7 Å². The van der Waals surface area contributed by atoms with Gasteiger partial charge in [-0.15, -0.1) is 12.3 Å². The van der Waals surface area contributed by atoms with E-state index in [9.17, 15) is 14.7 Å². The van der Waals surface area contributed by atoms with Crippen LogP contribution in [0.2, 0.25) is 0 Å². The number of unbranched alkanes of at least 4 members (excludes halogenated alkanes) is 3. The van der Waals surface area contributed by atoms with E-state index in [1.165, 1.54) is 17.9 Å². The summed E-state index contributed by atoms with van der Waals surface area (Å²) >= 11 is 0. The third-order valence-corrected chi connectivity index (χ3v) is 8.55. The minimum absolute atomic E-state index is 0.0747. The van der Waals surface area contributed by atoms with E-state index in [1.807, 2.05) is 84.9 Å². The molecule has 0 aliphatic carbocycles. The minimum Gasteiger partial charge on any atom is -0.496 e. The highest BCUT2D eigenvalue weighted by Crippen LogP contribution is 2.58. The Kier molecular flexibility index (Phi) is 10.8. The fraction of sp³-hybridized carbons (Fsp3) is 0.316. The van der Waals surface area contributed by atoms with Crippen LogP contribution in [0.15, 0.2) is 101 Å². The number of aromatic nitrogens is 2. The maximum absolute atomic E-state index is 14.1. The molecule has 3 atom stereocenters. The smallest absolute Gasteiger partial charge is 0.330 e. The molecular formula is C38H38N2O7. The molecule has 3 aromatic carbocycles. The first kappa shape index (κ1) is 33.5. The summed E-state index contributed by atoms with van der Waals surface area (Å²) in [6.07, 6.45) is 7.42. The number of aliphatic hydroxyl groups is 1. The van der Waals surface area contributed by atoms with E-state index in [1.54, 1.807) is 7.11 Å². The number of ether oxygens (including phenoxy) is 2. The zero-order valence-corrected chi connectivity index (χ0v) is 26.5. The summed E-state index contributed by atoms with van der Waals surface area (Å²) in [5.41, 5.74) is -2.20. The Morgan fingerprint density at radius 1 is 0.979 bits per heavy atom. The van der Waals surface area contributed by atoms with Gasteiger partial charge in [-0.25, -0.2) is 14.6 Å². The minimum atomic E-state index is -1.71. The highest BCUT2D eigenvalue weighted by atomic mass is 17.2. The topological polar surface area (TPSA) is 112 Å². The number of aliphatic hydroxyl groups excluding tert-OH is 1. The van der Waals surface area contributed by atoms with Gasteiger partial charge in [0, 0.05) is 31.0 Å². The Morgan fingerprint density at radius 2 is 1.62 bits per heavy atom. The molecule has 2 heterocycles. The second kappa shape index (κ2) is 15.1. The number of terminal acetylenes is 1. The summed E-state index contributed by atoms with van der Waals surface area (Å²) in [6.45, 7) is -0.132. The fourth-order valence-corrected chi connectivity index (χ4v) is 6.55. The molecule has 0 bridgehead atoms. The van der Waals surface area contributed by atoms with Crippen molar-refractivity contribution in [1.82, 2.24) is 9.55 Å². The van der Waals surface area contributed by atoms with Crippen LogP contribution in [0.1, 0.15) is 54.4 Å². The molecule has 1 fully saturated rings. The molecule has 0 saturated carbocycles. The summed E-state index contributed by atoms with van der Waals surface area (Å²) < 4.78 is 14.3. The number of hydrogen-bond acceptors (Lipinski definition) is 7. The van der Waals surface area contributed by atoms with E-state index in [0.717, 1.165) is 24.0 Å². The monoisotopic (exact) mass is 634 g/mol. The highest BCUT2D eigenvalue weighted by molar-refractivity contribution is 5.58. The molecule has 2 N–H and O–H groups in total. The van der Waals surface area contributed by atoms with Crippen molar-refractivity contribution >= 4 is 0 Å². The molecule has 1 aliphatic heterocycles. The van der Waals surface area contributed by atoms with Crippen LogP contribution in [0, 0.1) is 24.2 Å². The number of aromatic amines is 1. The molecule has 242 valence electrons. The first-order chi connectivity index (χ1) is 22.9. The van der Waals surface area contributed by atoms with Crippen molar-refractivity contribution in [2.45, 2.75) is 55.5 Å².